The summed E-state index contributed by atoms with van der Waals surface area (Å²) in [6.45, 7) is 11.5. The fraction of sp³-hybridized carbons (Fsp3) is 0.857. The van der Waals surface area contributed by atoms with Gasteiger partial charge in [-0.25, -0.2) is 0 Å². The monoisotopic (exact) mass is 272 g/mol. The number of hydrogen-bond donors (Lipinski definition) is 2. The number of carboxylic acids is 1. The Morgan fingerprint density at radius 2 is 1.84 bits per heavy atom. The molecule has 1 atom stereocenters. The Balaban J connectivity index is 4.26. The van der Waals surface area contributed by atoms with Crippen molar-refractivity contribution in [1.29, 1.82) is 0 Å². The molecule has 1 unspecified atom stereocenters. The van der Waals surface area contributed by atoms with E-state index in [9.17, 15) is 9.59 Å². The van der Waals surface area contributed by atoms with E-state index < -0.39 is 12.0 Å². The molecular weight excluding hydrogens is 244 g/mol. The highest BCUT2D eigenvalue weighted by molar-refractivity contribution is 5.73. The summed E-state index contributed by atoms with van der Waals surface area (Å²) in [7, 11) is 0. The molecule has 0 aromatic heterocycles. The van der Waals surface area contributed by atoms with Crippen molar-refractivity contribution in [2.24, 2.45) is 5.41 Å². The van der Waals surface area contributed by atoms with Crippen LogP contribution in [0.4, 0.5) is 0 Å². The van der Waals surface area contributed by atoms with Gasteiger partial charge in [-0.1, -0.05) is 20.8 Å². The largest absolute Gasteiger partial charge is 0.480 e. The van der Waals surface area contributed by atoms with Crippen LogP contribution in [0.1, 0.15) is 47.5 Å². The predicted octanol–water partition coefficient (Wildman–Crippen LogP) is 1.72. The van der Waals surface area contributed by atoms with Gasteiger partial charge in [0, 0.05) is 20.0 Å². The van der Waals surface area contributed by atoms with Crippen LogP contribution in [0.5, 0.6) is 0 Å². The van der Waals surface area contributed by atoms with Crippen LogP contribution in [-0.2, 0) is 9.59 Å². The fourth-order valence-electron chi connectivity index (χ4n) is 1.84. The normalized spacial score (nSPS) is 13.4. The van der Waals surface area contributed by atoms with E-state index in [1.54, 1.807) is 6.92 Å². The minimum atomic E-state index is -0.821. The van der Waals surface area contributed by atoms with Crippen molar-refractivity contribution in [2.45, 2.75) is 53.5 Å². The Morgan fingerprint density at radius 1 is 1.26 bits per heavy atom. The van der Waals surface area contributed by atoms with Crippen LogP contribution >= 0.6 is 0 Å². The number of nitrogens with zero attached hydrogens (tertiary/aromatic N) is 1. The fourth-order valence-corrected chi connectivity index (χ4v) is 1.84. The molecule has 2 N–H and O–H groups in total. The first-order valence-electron chi connectivity index (χ1n) is 6.85. The Morgan fingerprint density at radius 3 is 2.26 bits per heavy atom. The average Bonchev–Trinajstić information content (AvgIpc) is 2.23. The number of aliphatic carboxylic acids is 1. The number of rotatable bonds is 8. The Hall–Kier alpha value is -1.10. The molecule has 0 aromatic rings. The maximum Gasteiger partial charge on any atom is 0.320 e. The summed E-state index contributed by atoms with van der Waals surface area (Å²) in [4.78, 5) is 23.8. The molecule has 0 aliphatic carbocycles. The molecule has 0 heterocycles. The van der Waals surface area contributed by atoms with Gasteiger partial charge in [-0.15, -0.1) is 0 Å². The molecule has 0 aliphatic heterocycles. The van der Waals surface area contributed by atoms with E-state index >= 15 is 0 Å². The molecule has 0 aromatic carbocycles. The lowest BCUT2D eigenvalue weighted by Gasteiger charge is -2.27. The molecule has 0 aliphatic rings. The molecule has 5 nitrogen and oxygen atoms in total. The van der Waals surface area contributed by atoms with Crippen LogP contribution in [0.3, 0.4) is 0 Å². The molecule has 5 heteroatoms. The second kappa shape index (κ2) is 8.15. The molecule has 112 valence electrons. The van der Waals surface area contributed by atoms with Crippen molar-refractivity contribution in [2.75, 3.05) is 19.6 Å². The van der Waals surface area contributed by atoms with Crippen LogP contribution in [0.15, 0.2) is 0 Å². The first-order valence-corrected chi connectivity index (χ1v) is 6.85. The van der Waals surface area contributed by atoms with Crippen LogP contribution in [0.2, 0.25) is 0 Å². The summed E-state index contributed by atoms with van der Waals surface area (Å²) in [6.07, 6.45) is 2.01. The van der Waals surface area contributed by atoms with Crippen LogP contribution in [0.25, 0.3) is 0 Å². The minimum Gasteiger partial charge on any atom is -0.480 e. The predicted molar refractivity (Wildman–Crippen MR) is 76.0 cm³/mol. The van der Waals surface area contributed by atoms with E-state index in [4.69, 9.17) is 5.11 Å². The van der Waals surface area contributed by atoms with Crippen LogP contribution in [0, 0.1) is 5.41 Å². The third-order valence-electron chi connectivity index (χ3n) is 3.05. The lowest BCUT2D eigenvalue weighted by molar-refractivity contribution is -0.142. The van der Waals surface area contributed by atoms with Crippen molar-refractivity contribution in [3.63, 3.8) is 0 Å². The maximum atomic E-state index is 11.1. The van der Waals surface area contributed by atoms with Crippen LogP contribution < -0.4 is 5.32 Å². The Bertz CT molecular complexity index is 298. The maximum absolute atomic E-state index is 11.1. The summed E-state index contributed by atoms with van der Waals surface area (Å²) in [5.41, 5.74) is 0.260. The highest BCUT2D eigenvalue weighted by Crippen LogP contribution is 2.20. The first-order chi connectivity index (χ1) is 8.63. The van der Waals surface area contributed by atoms with E-state index in [2.05, 4.69) is 26.1 Å². The molecule has 19 heavy (non-hydrogen) atoms. The average molecular weight is 272 g/mol. The van der Waals surface area contributed by atoms with Crippen LogP contribution in [-0.4, -0.2) is 47.6 Å². The SMILES string of the molecule is CC(=O)NCCN(CCCC(C)(C)C)C(C)C(=O)O. The Kier molecular flexibility index (Phi) is 7.68. The zero-order chi connectivity index (χ0) is 15.1. The van der Waals surface area contributed by atoms with Crippen molar-refractivity contribution in [3.8, 4) is 0 Å². The molecule has 0 radical (unpaired) electrons. The number of hydrogen-bond acceptors (Lipinski definition) is 3. The summed E-state index contributed by atoms with van der Waals surface area (Å²) < 4.78 is 0. The summed E-state index contributed by atoms with van der Waals surface area (Å²) in [5.74, 6) is -0.906. The zero-order valence-corrected chi connectivity index (χ0v) is 12.8. The zero-order valence-electron chi connectivity index (χ0n) is 12.8. The quantitative estimate of drug-likeness (QED) is 0.706. The second-order valence-electron chi connectivity index (χ2n) is 6.20. The molecule has 0 spiro atoms. The van der Waals surface area contributed by atoms with Gasteiger partial charge in [0.25, 0.3) is 0 Å². The lowest BCUT2D eigenvalue weighted by Crippen LogP contribution is -2.43. The van der Waals surface area contributed by atoms with Gasteiger partial charge in [-0.05, 0) is 31.7 Å². The van der Waals surface area contributed by atoms with Crippen molar-refractivity contribution in [1.82, 2.24) is 10.2 Å². The lowest BCUT2D eigenvalue weighted by atomic mass is 9.90. The minimum absolute atomic E-state index is 0.0855. The van der Waals surface area contributed by atoms with E-state index in [0.717, 1.165) is 19.4 Å². The molecule has 0 rings (SSSR count). The number of carbonyl (C=O) groups is 2. The first kappa shape index (κ1) is 17.9. The smallest absolute Gasteiger partial charge is 0.320 e. The van der Waals surface area contributed by atoms with E-state index in [-0.39, 0.29) is 11.3 Å². The van der Waals surface area contributed by atoms with Gasteiger partial charge in [0.15, 0.2) is 0 Å². The van der Waals surface area contributed by atoms with Gasteiger partial charge >= 0.3 is 5.97 Å². The van der Waals surface area contributed by atoms with Gasteiger partial charge in [-0.2, -0.15) is 0 Å². The van der Waals surface area contributed by atoms with Gasteiger partial charge in [0.1, 0.15) is 6.04 Å². The third kappa shape index (κ3) is 9.47. The molecule has 0 saturated carbocycles. The third-order valence-corrected chi connectivity index (χ3v) is 3.05. The van der Waals surface area contributed by atoms with Crippen molar-refractivity contribution < 1.29 is 14.7 Å². The highest BCUT2D eigenvalue weighted by atomic mass is 16.4. The molecule has 0 bridgehead atoms. The summed E-state index contributed by atoms with van der Waals surface area (Å²) >= 11 is 0. The number of carboxylic acid groups (broad SMARTS) is 1. The molecular formula is C14H28N2O3. The molecule has 0 fully saturated rings. The summed E-state index contributed by atoms with van der Waals surface area (Å²) in [5, 5.41) is 11.8. The van der Waals surface area contributed by atoms with E-state index in [1.165, 1.54) is 6.92 Å². The van der Waals surface area contributed by atoms with Crippen molar-refractivity contribution >= 4 is 11.9 Å². The number of nitrogens with one attached hydrogen (secondary N) is 1. The topological polar surface area (TPSA) is 69.6 Å². The molecule has 0 saturated heterocycles. The van der Waals surface area contributed by atoms with Gasteiger partial charge in [0.2, 0.25) is 5.91 Å². The Labute approximate surface area is 116 Å². The van der Waals surface area contributed by atoms with E-state index in [1.807, 2.05) is 4.90 Å². The van der Waals surface area contributed by atoms with Crippen molar-refractivity contribution in [3.05, 3.63) is 0 Å². The number of carbonyl (C=O) groups excluding carboxylic acids is 1. The summed E-state index contributed by atoms with van der Waals surface area (Å²) in [6, 6.07) is -0.520. The van der Waals surface area contributed by atoms with Gasteiger partial charge in [-0.3, -0.25) is 14.5 Å². The van der Waals surface area contributed by atoms with Gasteiger partial charge in [0.05, 0.1) is 0 Å². The highest BCUT2D eigenvalue weighted by Gasteiger charge is 2.20. The second-order valence-corrected chi connectivity index (χ2v) is 6.20. The standard InChI is InChI=1S/C14H28N2O3/c1-11(13(18)19)16(10-8-15-12(2)17)9-6-7-14(3,4)5/h11H,6-10H2,1-5H3,(H,15,17)(H,18,19). The van der Waals surface area contributed by atoms with Gasteiger partial charge < -0.3 is 10.4 Å². The number of amides is 1. The van der Waals surface area contributed by atoms with E-state index in [0.29, 0.717) is 13.1 Å². The molecule has 1 amide bonds.